The maximum Gasteiger partial charge on any atom is 0.349 e. The third kappa shape index (κ3) is 15.0. The molecular weight excluding hydrogens is 676 g/mol. The van der Waals surface area contributed by atoms with Crippen LogP contribution >= 0.6 is 0 Å². The SMILES string of the molecule is CCCCCCCCCCCC(=O)OC[C@H](OC(=O)CCCCCCCCCCC)[C@H](O)[C@H](O)Cn1c2nc(=O)[nH]c(=O)c-2nc2cc(C)c(C)cc21. The second-order valence-corrected chi connectivity index (χ2v) is 14.6. The first-order valence-electron chi connectivity index (χ1n) is 20.2. The predicted molar refractivity (Wildman–Crippen MR) is 207 cm³/mol. The second kappa shape index (κ2) is 23.9. The minimum atomic E-state index is -1.67. The number of aliphatic hydroxyl groups excluding tert-OH is 2. The van der Waals surface area contributed by atoms with Gasteiger partial charge in [0.2, 0.25) is 0 Å². The molecule has 12 heteroatoms. The number of nitrogens with zero attached hydrogens (tertiary/aromatic N) is 3. The van der Waals surface area contributed by atoms with Crippen LogP contribution in [0.1, 0.15) is 153 Å². The highest BCUT2D eigenvalue weighted by Gasteiger charge is 2.33. The molecule has 0 aliphatic carbocycles. The largest absolute Gasteiger partial charge is 0.462 e. The van der Waals surface area contributed by atoms with Gasteiger partial charge < -0.3 is 24.3 Å². The topological polar surface area (TPSA) is 174 Å². The fourth-order valence-corrected chi connectivity index (χ4v) is 6.61. The smallest absolute Gasteiger partial charge is 0.349 e. The highest BCUT2D eigenvalue weighted by molar-refractivity contribution is 5.81. The lowest BCUT2D eigenvalue weighted by Crippen LogP contribution is -2.45. The Morgan fingerprint density at radius 2 is 1.25 bits per heavy atom. The summed E-state index contributed by atoms with van der Waals surface area (Å²) in [5, 5.41) is 22.9. The molecule has 2 aliphatic heterocycles. The Morgan fingerprint density at radius 1 is 0.736 bits per heavy atom. The molecular formula is C41H64N4O8. The van der Waals surface area contributed by atoms with E-state index >= 15 is 0 Å². The van der Waals surface area contributed by atoms with E-state index in [4.69, 9.17) is 9.47 Å². The number of unbranched alkanes of at least 4 members (excludes halogenated alkanes) is 16. The van der Waals surface area contributed by atoms with E-state index in [0.717, 1.165) is 49.7 Å². The van der Waals surface area contributed by atoms with Crippen molar-refractivity contribution in [3.8, 4) is 11.5 Å². The van der Waals surface area contributed by atoms with Crippen molar-refractivity contribution in [1.82, 2.24) is 19.5 Å². The molecule has 1 aromatic carbocycles. The van der Waals surface area contributed by atoms with Crippen molar-refractivity contribution in [2.75, 3.05) is 6.61 Å². The zero-order valence-corrected chi connectivity index (χ0v) is 32.6. The van der Waals surface area contributed by atoms with Crippen molar-refractivity contribution >= 4 is 23.0 Å². The third-order valence-electron chi connectivity index (χ3n) is 10.0. The van der Waals surface area contributed by atoms with Gasteiger partial charge in [0.05, 0.1) is 17.6 Å². The number of fused-ring (bicyclic) bond motifs is 2. The van der Waals surface area contributed by atoms with Gasteiger partial charge in [-0.25, -0.2) is 9.78 Å². The molecule has 0 aromatic heterocycles. The summed E-state index contributed by atoms with van der Waals surface area (Å²) in [7, 11) is 0. The summed E-state index contributed by atoms with van der Waals surface area (Å²) in [5.74, 6) is -1.08. The molecule has 2 heterocycles. The average Bonchev–Trinajstić information content (AvgIpc) is 3.12. The van der Waals surface area contributed by atoms with E-state index in [1.807, 2.05) is 13.8 Å². The van der Waals surface area contributed by atoms with Gasteiger partial charge in [-0.1, -0.05) is 117 Å². The normalized spacial score (nSPS) is 13.3. The summed E-state index contributed by atoms with van der Waals surface area (Å²) in [4.78, 5) is 61.2. The molecule has 1 aromatic rings. The van der Waals surface area contributed by atoms with E-state index in [1.54, 1.807) is 12.1 Å². The number of aromatic nitrogens is 4. The lowest BCUT2D eigenvalue weighted by Gasteiger charge is -2.28. The molecule has 296 valence electrons. The van der Waals surface area contributed by atoms with E-state index in [-0.39, 0.29) is 30.9 Å². The van der Waals surface area contributed by atoms with Gasteiger partial charge in [0.15, 0.2) is 17.6 Å². The van der Waals surface area contributed by atoms with Crippen LogP contribution in [-0.2, 0) is 25.6 Å². The van der Waals surface area contributed by atoms with E-state index in [0.29, 0.717) is 23.9 Å². The van der Waals surface area contributed by atoms with Gasteiger partial charge in [0.1, 0.15) is 18.8 Å². The summed E-state index contributed by atoms with van der Waals surface area (Å²) in [6.45, 7) is 7.44. The van der Waals surface area contributed by atoms with Gasteiger partial charge in [0.25, 0.3) is 5.56 Å². The van der Waals surface area contributed by atoms with Gasteiger partial charge in [-0.05, 0) is 49.9 Å². The van der Waals surface area contributed by atoms with E-state index in [9.17, 15) is 29.4 Å². The number of aryl methyl sites for hydroxylation is 2. The van der Waals surface area contributed by atoms with Crippen LogP contribution in [-0.4, -0.2) is 66.6 Å². The highest BCUT2D eigenvalue weighted by Crippen LogP contribution is 2.25. The molecule has 0 saturated carbocycles. The predicted octanol–water partition coefficient (Wildman–Crippen LogP) is 7.22. The monoisotopic (exact) mass is 740 g/mol. The van der Waals surface area contributed by atoms with Crippen LogP contribution in [0.4, 0.5) is 0 Å². The summed E-state index contributed by atoms with van der Waals surface area (Å²) in [5.41, 5.74) is 1.03. The Bertz CT molecular complexity index is 1640. The maximum absolute atomic E-state index is 13.0. The third-order valence-corrected chi connectivity index (χ3v) is 10.0. The molecule has 3 N–H and O–H groups in total. The second-order valence-electron chi connectivity index (χ2n) is 14.6. The quantitative estimate of drug-likeness (QED) is 0.0411. The Balaban J connectivity index is 1.68. The molecule has 3 atom stereocenters. The number of ether oxygens (including phenoxy) is 2. The molecule has 53 heavy (non-hydrogen) atoms. The van der Waals surface area contributed by atoms with Crippen molar-refractivity contribution < 1.29 is 29.3 Å². The van der Waals surface area contributed by atoms with Gasteiger partial charge >= 0.3 is 17.6 Å². The summed E-state index contributed by atoms with van der Waals surface area (Å²) >= 11 is 0. The fourth-order valence-electron chi connectivity index (χ4n) is 6.61. The number of benzene rings is 1. The Hall–Kier alpha value is -3.64. The molecule has 12 nitrogen and oxygen atoms in total. The minimum absolute atomic E-state index is 0.0629. The molecule has 3 rings (SSSR count). The van der Waals surface area contributed by atoms with Crippen LogP contribution in [0.3, 0.4) is 0 Å². The van der Waals surface area contributed by atoms with Crippen molar-refractivity contribution in [1.29, 1.82) is 0 Å². The first-order valence-corrected chi connectivity index (χ1v) is 20.2. The van der Waals surface area contributed by atoms with Gasteiger partial charge in [-0.15, -0.1) is 0 Å². The number of hydrogen-bond donors (Lipinski definition) is 3. The van der Waals surface area contributed by atoms with E-state index < -0.39 is 48.1 Å². The van der Waals surface area contributed by atoms with Gasteiger partial charge in [0, 0.05) is 12.8 Å². The molecule has 0 bridgehead atoms. The van der Waals surface area contributed by atoms with Gasteiger partial charge in [-0.2, -0.15) is 4.98 Å². The van der Waals surface area contributed by atoms with Crippen molar-refractivity contribution in [2.45, 2.75) is 181 Å². The van der Waals surface area contributed by atoms with Crippen LogP contribution in [0.15, 0.2) is 21.7 Å². The first kappa shape index (κ1) is 43.8. The molecule has 2 aliphatic rings. The number of aromatic amines is 1. The maximum atomic E-state index is 13.0. The number of esters is 2. The number of rotatable bonds is 27. The number of carbonyl (C=O) groups excluding carboxylic acids is 2. The van der Waals surface area contributed by atoms with Crippen molar-refractivity contribution in [3.63, 3.8) is 0 Å². The standard InChI is InChI=1S/C41H64N4O8/c1-5-7-9-11-13-15-17-19-21-23-35(47)52-28-34(53-36(48)24-22-20-18-16-14-12-10-8-6-2)38(49)33(46)27-45-32-26-30(4)29(3)25-31(32)42-37-39(45)43-41(51)44-40(37)50/h25-26,33-34,38,46,49H,5-24,27-28H2,1-4H3,(H,44,50,51)/t33-,34+,38-/m1/s1. The number of aliphatic hydroxyl groups is 2. The van der Waals surface area contributed by atoms with Crippen LogP contribution < -0.4 is 11.2 Å². The average molecular weight is 741 g/mol. The summed E-state index contributed by atoms with van der Waals surface area (Å²) in [6.07, 6.45) is 15.5. The summed E-state index contributed by atoms with van der Waals surface area (Å²) in [6, 6.07) is 3.60. The Morgan fingerprint density at radius 3 is 1.81 bits per heavy atom. The number of hydrogen-bond acceptors (Lipinski definition) is 10. The highest BCUT2D eigenvalue weighted by atomic mass is 16.6. The molecule has 0 radical (unpaired) electrons. The number of H-pyrrole nitrogens is 1. The zero-order chi connectivity index (χ0) is 38.6. The van der Waals surface area contributed by atoms with Crippen LogP contribution in [0.25, 0.3) is 22.6 Å². The Kier molecular flexibility index (Phi) is 19.7. The molecule has 0 unspecified atom stereocenters. The van der Waals surface area contributed by atoms with Crippen LogP contribution in [0.2, 0.25) is 0 Å². The fraction of sp³-hybridized carbons (Fsp3) is 0.707. The number of nitrogens with one attached hydrogen (secondary N) is 1. The van der Waals surface area contributed by atoms with Crippen LogP contribution in [0, 0.1) is 13.8 Å². The van der Waals surface area contributed by atoms with Crippen molar-refractivity contribution in [3.05, 3.63) is 44.1 Å². The zero-order valence-electron chi connectivity index (χ0n) is 32.6. The first-order chi connectivity index (χ1) is 25.5. The minimum Gasteiger partial charge on any atom is -0.462 e. The summed E-state index contributed by atoms with van der Waals surface area (Å²) < 4.78 is 12.6. The molecule has 0 amide bonds. The molecule has 0 saturated heterocycles. The Labute approximate surface area is 314 Å². The van der Waals surface area contributed by atoms with Crippen LogP contribution in [0.5, 0.6) is 0 Å². The number of carbonyl (C=O) groups is 2. The van der Waals surface area contributed by atoms with E-state index in [2.05, 4.69) is 28.8 Å². The van der Waals surface area contributed by atoms with Gasteiger partial charge in [-0.3, -0.25) is 19.4 Å². The molecule has 0 spiro atoms. The van der Waals surface area contributed by atoms with E-state index in [1.165, 1.54) is 68.8 Å². The van der Waals surface area contributed by atoms with Crippen molar-refractivity contribution in [2.24, 2.45) is 0 Å². The lowest BCUT2D eigenvalue weighted by molar-refractivity contribution is -0.172. The lowest BCUT2D eigenvalue weighted by atomic mass is 10.1. The molecule has 0 fully saturated rings.